The Hall–Kier alpha value is -2.04. The molecule has 114 valence electrons. The van der Waals surface area contributed by atoms with E-state index in [0.29, 0.717) is 16.3 Å². The Balaban J connectivity index is 2.49. The second-order valence-corrected chi connectivity index (χ2v) is 5.60. The molecule has 0 saturated carbocycles. The standard InChI is InChI=1S/C16H14Cl2N2O2/c1-19(2)16(22)20(12-8-9-13(17)14(18)10-12)15(21)11-6-4-3-5-7-11/h3-10H,1-2H3. The van der Waals surface area contributed by atoms with Crippen LogP contribution in [0.1, 0.15) is 10.4 Å². The molecule has 2 rings (SSSR count). The first-order chi connectivity index (χ1) is 10.4. The minimum atomic E-state index is -0.466. The minimum Gasteiger partial charge on any atom is -0.330 e. The van der Waals surface area contributed by atoms with Gasteiger partial charge in [0.1, 0.15) is 0 Å². The van der Waals surface area contributed by atoms with E-state index < -0.39 is 11.9 Å². The van der Waals surface area contributed by atoms with Crippen molar-refractivity contribution < 1.29 is 9.59 Å². The maximum absolute atomic E-state index is 12.7. The van der Waals surface area contributed by atoms with Crippen molar-refractivity contribution in [2.45, 2.75) is 0 Å². The van der Waals surface area contributed by atoms with E-state index in [1.165, 1.54) is 11.0 Å². The molecule has 0 aliphatic heterocycles. The summed E-state index contributed by atoms with van der Waals surface area (Å²) in [5.74, 6) is -0.433. The van der Waals surface area contributed by atoms with E-state index in [0.717, 1.165) is 4.90 Å². The van der Waals surface area contributed by atoms with Gasteiger partial charge in [0, 0.05) is 19.7 Å². The third kappa shape index (κ3) is 3.40. The van der Waals surface area contributed by atoms with Crippen molar-refractivity contribution in [1.82, 2.24) is 4.90 Å². The maximum Gasteiger partial charge on any atom is 0.331 e. The molecule has 4 nitrogen and oxygen atoms in total. The smallest absolute Gasteiger partial charge is 0.330 e. The first kappa shape index (κ1) is 16.3. The molecule has 0 aromatic heterocycles. The van der Waals surface area contributed by atoms with Crippen molar-refractivity contribution in [1.29, 1.82) is 0 Å². The molecule has 0 atom stereocenters. The largest absolute Gasteiger partial charge is 0.331 e. The average Bonchev–Trinajstić information content (AvgIpc) is 2.51. The van der Waals surface area contributed by atoms with Crippen LogP contribution in [0.15, 0.2) is 48.5 Å². The Morgan fingerprint density at radius 2 is 1.55 bits per heavy atom. The van der Waals surface area contributed by atoms with Gasteiger partial charge < -0.3 is 4.90 Å². The number of carbonyl (C=O) groups is 2. The number of anilines is 1. The summed E-state index contributed by atoms with van der Waals surface area (Å²) < 4.78 is 0. The molecule has 2 aromatic rings. The van der Waals surface area contributed by atoms with Crippen molar-refractivity contribution in [3.8, 4) is 0 Å². The van der Waals surface area contributed by atoms with Gasteiger partial charge >= 0.3 is 6.03 Å². The van der Waals surface area contributed by atoms with Gasteiger partial charge in [-0.1, -0.05) is 41.4 Å². The third-order valence-corrected chi connectivity index (χ3v) is 3.70. The van der Waals surface area contributed by atoms with Crippen molar-refractivity contribution in [2.75, 3.05) is 19.0 Å². The Bertz CT molecular complexity index is 703. The van der Waals surface area contributed by atoms with Crippen LogP contribution in [0, 0.1) is 0 Å². The van der Waals surface area contributed by atoms with Crippen LogP contribution in [-0.4, -0.2) is 30.9 Å². The van der Waals surface area contributed by atoms with Crippen LogP contribution >= 0.6 is 23.2 Å². The highest BCUT2D eigenvalue weighted by Gasteiger charge is 2.26. The van der Waals surface area contributed by atoms with E-state index >= 15 is 0 Å². The molecule has 0 unspecified atom stereocenters. The quantitative estimate of drug-likeness (QED) is 0.819. The van der Waals surface area contributed by atoms with Crippen LogP contribution in [0.5, 0.6) is 0 Å². The third-order valence-electron chi connectivity index (χ3n) is 2.96. The van der Waals surface area contributed by atoms with Crippen molar-refractivity contribution in [3.05, 3.63) is 64.1 Å². The van der Waals surface area contributed by atoms with Gasteiger partial charge in [0.15, 0.2) is 0 Å². The van der Waals surface area contributed by atoms with E-state index in [4.69, 9.17) is 23.2 Å². The van der Waals surface area contributed by atoms with Crippen molar-refractivity contribution in [2.24, 2.45) is 0 Å². The highest BCUT2D eigenvalue weighted by Crippen LogP contribution is 2.28. The number of carbonyl (C=O) groups excluding carboxylic acids is 2. The Kier molecular flexibility index (Phi) is 5.06. The Morgan fingerprint density at radius 1 is 0.909 bits per heavy atom. The fourth-order valence-corrected chi connectivity index (χ4v) is 2.14. The number of benzene rings is 2. The zero-order valence-electron chi connectivity index (χ0n) is 12.1. The minimum absolute atomic E-state index is 0.275. The predicted octanol–water partition coefficient (Wildman–Crippen LogP) is 4.32. The second-order valence-electron chi connectivity index (χ2n) is 4.78. The van der Waals surface area contributed by atoms with Crippen LogP contribution < -0.4 is 4.90 Å². The SMILES string of the molecule is CN(C)C(=O)N(C(=O)c1ccccc1)c1ccc(Cl)c(Cl)c1. The first-order valence-electron chi connectivity index (χ1n) is 6.47. The van der Waals surface area contributed by atoms with Crippen LogP contribution in [0.2, 0.25) is 10.0 Å². The lowest BCUT2D eigenvalue weighted by molar-refractivity contribution is 0.0989. The van der Waals surface area contributed by atoms with E-state index in [-0.39, 0.29) is 5.02 Å². The zero-order valence-corrected chi connectivity index (χ0v) is 13.6. The number of halogens is 2. The number of nitrogens with zero attached hydrogens (tertiary/aromatic N) is 2. The Labute approximate surface area is 138 Å². The second kappa shape index (κ2) is 6.81. The number of hydrogen-bond acceptors (Lipinski definition) is 2. The summed E-state index contributed by atoms with van der Waals surface area (Å²) in [6.07, 6.45) is 0. The van der Waals surface area contributed by atoms with Gasteiger partial charge in [-0.2, -0.15) is 0 Å². The van der Waals surface area contributed by atoms with Crippen LogP contribution in [0.4, 0.5) is 10.5 Å². The summed E-state index contributed by atoms with van der Waals surface area (Å²) in [6, 6.07) is 12.7. The average molecular weight is 337 g/mol. The fourth-order valence-electron chi connectivity index (χ4n) is 1.85. The van der Waals surface area contributed by atoms with Gasteiger partial charge in [-0.3, -0.25) is 4.79 Å². The molecular weight excluding hydrogens is 323 g/mol. The number of urea groups is 1. The summed E-state index contributed by atoms with van der Waals surface area (Å²) in [6.45, 7) is 0. The normalized spacial score (nSPS) is 10.2. The van der Waals surface area contributed by atoms with Crippen molar-refractivity contribution in [3.63, 3.8) is 0 Å². The van der Waals surface area contributed by atoms with Crippen LogP contribution in [0.3, 0.4) is 0 Å². The number of amides is 3. The topological polar surface area (TPSA) is 40.6 Å². The number of rotatable bonds is 2. The summed E-state index contributed by atoms with van der Waals surface area (Å²) in [7, 11) is 3.15. The highest BCUT2D eigenvalue weighted by molar-refractivity contribution is 6.42. The molecule has 0 spiro atoms. The van der Waals surface area contributed by atoms with Crippen LogP contribution in [0.25, 0.3) is 0 Å². The molecule has 0 saturated heterocycles. The van der Waals surface area contributed by atoms with Gasteiger partial charge in [0.05, 0.1) is 15.7 Å². The van der Waals surface area contributed by atoms with Gasteiger partial charge in [-0.15, -0.1) is 0 Å². The maximum atomic E-state index is 12.7. The molecular formula is C16H14Cl2N2O2. The van der Waals surface area contributed by atoms with E-state index in [9.17, 15) is 9.59 Å². The lowest BCUT2D eigenvalue weighted by atomic mass is 10.2. The molecule has 0 fully saturated rings. The van der Waals surface area contributed by atoms with E-state index in [1.54, 1.807) is 56.6 Å². The highest BCUT2D eigenvalue weighted by atomic mass is 35.5. The number of hydrogen-bond donors (Lipinski definition) is 0. The molecule has 0 aliphatic carbocycles. The van der Waals surface area contributed by atoms with Gasteiger partial charge in [-0.25, -0.2) is 9.69 Å². The van der Waals surface area contributed by atoms with Gasteiger partial charge in [0.2, 0.25) is 0 Å². The molecule has 0 N–H and O–H groups in total. The van der Waals surface area contributed by atoms with Gasteiger partial charge in [-0.05, 0) is 30.3 Å². The molecule has 0 aliphatic rings. The molecule has 3 amide bonds. The lowest BCUT2D eigenvalue weighted by Crippen LogP contribution is -2.43. The summed E-state index contributed by atoms with van der Waals surface area (Å²) >= 11 is 11.9. The lowest BCUT2D eigenvalue weighted by Gasteiger charge is -2.24. The van der Waals surface area contributed by atoms with Crippen molar-refractivity contribution >= 4 is 40.8 Å². The predicted molar refractivity (Wildman–Crippen MR) is 88.8 cm³/mol. The van der Waals surface area contributed by atoms with E-state index in [2.05, 4.69) is 0 Å². The molecule has 0 radical (unpaired) electrons. The molecule has 22 heavy (non-hydrogen) atoms. The van der Waals surface area contributed by atoms with Crippen LogP contribution in [-0.2, 0) is 0 Å². The van der Waals surface area contributed by atoms with Gasteiger partial charge in [0.25, 0.3) is 5.91 Å². The summed E-state index contributed by atoms with van der Waals surface area (Å²) in [5, 5.41) is 0.631. The summed E-state index contributed by atoms with van der Waals surface area (Å²) in [5.41, 5.74) is 0.769. The fraction of sp³-hybridized carbons (Fsp3) is 0.125. The Morgan fingerprint density at radius 3 is 2.09 bits per heavy atom. The molecule has 0 bridgehead atoms. The summed E-state index contributed by atoms with van der Waals surface area (Å²) in [4.78, 5) is 27.5. The molecule has 6 heteroatoms. The molecule has 0 heterocycles. The van der Waals surface area contributed by atoms with E-state index in [1.807, 2.05) is 0 Å². The first-order valence-corrected chi connectivity index (χ1v) is 7.23. The monoisotopic (exact) mass is 336 g/mol. The molecule has 2 aromatic carbocycles. The zero-order chi connectivity index (χ0) is 16.3. The number of imide groups is 1.